The summed E-state index contributed by atoms with van der Waals surface area (Å²) in [4.78, 5) is 32.5. The number of thioether (sulfide) groups is 1. The van der Waals surface area contributed by atoms with Crippen molar-refractivity contribution in [2.75, 3.05) is 13.2 Å². The maximum absolute atomic E-state index is 11.6. The first-order valence-electron chi connectivity index (χ1n) is 9.41. The van der Waals surface area contributed by atoms with E-state index in [1.165, 1.54) is 0 Å². The largest absolute Gasteiger partial charge is 0.490 e. The molecule has 30 heavy (non-hydrogen) atoms. The third-order valence-electron chi connectivity index (χ3n) is 4.44. The van der Waals surface area contributed by atoms with Crippen LogP contribution in [0.15, 0.2) is 65.9 Å². The van der Waals surface area contributed by atoms with Gasteiger partial charge in [0.2, 0.25) is 5.91 Å². The lowest BCUT2D eigenvalue weighted by Gasteiger charge is -2.08. The Labute approximate surface area is 177 Å². The number of hydrogen-bond donors (Lipinski definition) is 1. The number of hydrogen-bond acceptors (Lipinski definition) is 7. The van der Waals surface area contributed by atoms with Gasteiger partial charge in [0.15, 0.2) is 6.61 Å². The minimum Gasteiger partial charge on any atom is -0.490 e. The van der Waals surface area contributed by atoms with Crippen LogP contribution >= 0.6 is 11.8 Å². The molecule has 2 heterocycles. The van der Waals surface area contributed by atoms with Gasteiger partial charge in [0, 0.05) is 17.1 Å². The number of fused-ring (bicyclic) bond motifs is 1. The molecule has 3 aromatic rings. The molecule has 1 saturated heterocycles. The van der Waals surface area contributed by atoms with Crippen molar-refractivity contribution in [3.8, 4) is 5.75 Å². The van der Waals surface area contributed by atoms with Crippen LogP contribution in [0.3, 0.4) is 0 Å². The zero-order chi connectivity index (χ0) is 20.8. The summed E-state index contributed by atoms with van der Waals surface area (Å²) in [6, 6.07) is 17.3. The molecule has 152 valence electrons. The van der Waals surface area contributed by atoms with Gasteiger partial charge >= 0.3 is 0 Å². The highest BCUT2D eigenvalue weighted by atomic mass is 32.2. The molecule has 0 spiro atoms. The molecule has 0 aliphatic carbocycles. The van der Waals surface area contributed by atoms with Crippen molar-refractivity contribution in [1.82, 2.24) is 10.3 Å². The van der Waals surface area contributed by atoms with Crippen molar-refractivity contribution < 1.29 is 19.2 Å². The van der Waals surface area contributed by atoms with Crippen molar-refractivity contribution in [3.05, 3.63) is 71.9 Å². The Hall–Kier alpha value is -3.39. The summed E-state index contributed by atoms with van der Waals surface area (Å²) in [6.45, 7) is 0.655. The number of pyridine rings is 1. The number of nitrogens with zero attached hydrogens (tertiary/aromatic N) is 2. The zero-order valence-corrected chi connectivity index (χ0v) is 16.8. The molecular weight excluding hydrogens is 402 g/mol. The molecule has 1 fully saturated rings. The van der Waals surface area contributed by atoms with E-state index in [0.717, 1.165) is 33.8 Å². The molecule has 2 aromatic carbocycles. The van der Waals surface area contributed by atoms with Crippen LogP contribution in [-0.2, 0) is 16.1 Å². The third-order valence-corrected chi connectivity index (χ3v) is 5.42. The highest BCUT2D eigenvalue weighted by Gasteiger charge is 2.31. The number of amides is 2. The molecule has 7 nitrogen and oxygen atoms in total. The van der Waals surface area contributed by atoms with Crippen LogP contribution in [0.25, 0.3) is 10.9 Å². The van der Waals surface area contributed by atoms with E-state index in [9.17, 15) is 9.59 Å². The highest BCUT2D eigenvalue weighted by Crippen LogP contribution is 2.23. The molecule has 4 rings (SSSR count). The zero-order valence-electron chi connectivity index (χ0n) is 16.0. The molecule has 1 atom stereocenters. The van der Waals surface area contributed by atoms with Crippen molar-refractivity contribution in [2.45, 2.75) is 11.7 Å². The summed E-state index contributed by atoms with van der Waals surface area (Å²) < 4.78 is 5.63. The summed E-state index contributed by atoms with van der Waals surface area (Å²) in [5.41, 5.74) is 2.77. The molecular formula is C22H19N3O4S. The molecule has 1 N–H and O–H groups in total. The van der Waals surface area contributed by atoms with Crippen LogP contribution in [0.1, 0.15) is 11.1 Å². The smallest absolute Gasteiger partial charge is 0.286 e. The number of rotatable bonds is 8. The number of carbonyl (C=O) groups excluding carboxylic acids is 2. The Balaban J connectivity index is 1.19. The van der Waals surface area contributed by atoms with Gasteiger partial charge in [-0.25, -0.2) is 0 Å². The standard InChI is InChI=1S/C22H19N3O4S/c26-21-20(30-22(27)25-21)12-15-5-7-18(8-6-15)28-9-10-29-24-14-16-11-17-3-1-2-4-19(17)23-13-16/h1-8,11,13-14,20H,9-10,12H2,(H,25,26,27)/b24-14+. The highest BCUT2D eigenvalue weighted by molar-refractivity contribution is 8.15. The van der Waals surface area contributed by atoms with Crippen molar-refractivity contribution >= 4 is 40.0 Å². The normalized spacial score (nSPS) is 16.2. The molecule has 1 unspecified atom stereocenters. The maximum Gasteiger partial charge on any atom is 0.286 e. The number of ether oxygens (including phenoxy) is 1. The first kappa shape index (κ1) is 19.9. The molecule has 1 aromatic heterocycles. The second-order valence-electron chi connectivity index (χ2n) is 6.61. The molecule has 0 radical (unpaired) electrons. The van der Waals surface area contributed by atoms with Crippen molar-refractivity contribution in [2.24, 2.45) is 5.16 Å². The van der Waals surface area contributed by atoms with Gasteiger partial charge in [-0.3, -0.25) is 19.9 Å². The SMILES string of the molecule is O=C1NC(=O)C(Cc2ccc(OCCO/N=C/c3cnc4ccccc4c3)cc2)S1. The number of imide groups is 1. The molecule has 8 heteroatoms. The van der Waals surface area contributed by atoms with Crippen LogP contribution in [0.5, 0.6) is 5.75 Å². The van der Waals surface area contributed by atoms with E-state index in [1.807, 2.05) is 54.6 Å². The molecule has 1 aliphatic rings. The van der Waals surface area contributed by atoms with Crippen LogP contribution in [0.4, 0.5) is 4.79 Å². The van der Waals surface area contributed by atoms with Crippen molar-refractivity contribution in [3.63, 3.8) is 0 Å². The van der Waals surface area contributed by atoms with Gasteiger partial charge in [0.25, 0.3) is 5.24 Å². The van der Waals surface area contributed by atoms with E-state index in [4.69, 9.17) is 9.57 Å². The monoisotopic (exact) mass is 421 g/mol. The van der Waals surface area contributed by atoms with Gasteiger partial charge in [0.05, 0.1) is 17.0 Å². The number of oxime groups is 1. The van der Waals surface area contributed by atoms with E-state index in [1.54, 1.807) is 12.4 Å². The van der Waals surface area contributed by atoms with Crippen molar-refractivity contribution in [1.29, 1.82) is 0 Å². The summed E-state index contributed by atoms with van der Waals surface area (Å²) >= 11 is 1.03. The second kappa shape index (κ2) is 9.41. The Morgan fingerprint density at radius 3 is 2.73 bits per heavy atom. The van der Waals surface area contributed by atoms with Crippen LogP contribution in [0.2, 0.25) is 0 Å². The Morgan fingerprint density at radius 2 is 1.93 bits per heavy atom. The minimum atomic E-state index is -0.367. The lowest BCUT2D eigenvalue weighted by atomic mass is 10.1. The number of para-hydroxylation sites is 1. The summed E-state index contributed by atoms with van der Waals surface area (Å²) in [5.74, 6) is 0.465. The fraction of sp³-hybridized carbons (Fsp3) is 0.182. The first-order valence-corrected chi connectivity index (χ1v) is 10.3. The third kappa shape index (κ3) is 5.15. The summed E-state index contributed by atoms with van der Waals surface area (Å²) in [5, 5.41) is 6.64. The average molecular weight is 421 g/mol. The Kier molecular flexibility index (Phi) is 6.24. The van der Waals surface area contributed by atoms with E-state index in [2.05, 4.69) is 15.5 Å². The molecule has 0 bridgehead atoms. The van der Waals surface area contributed by atoms with Gasteiger partial charge in [-0.2, -0.15) is 0 Å². The Bertz CT molecular complexity index is 1090. The van der Waals surface area contributed by atoms with E-state index in [0.29, 0.717) is 25.4 Å². The van der Waals surface area contributed by atoms with Gasteiger partial charge in [0.1, 0.15) is 12.4 Å². The van der Waals surface area contributed by atoms with E-state index < -0.39 is 0 Å². The summed E-state index contributed by atoms with van der Waals surface area (Å²) in [7, 11) is 0. The lowest BCUT2D eigenvalue weighted by Crippen LogP contribution is -2.25. The predicted molar refractivity (Wildman–Crippen MR) is 116 cm³/mol. The molecule has 2 amide bonds. The Morgan fingerprint density at radius 1 is 1.10 bits per heavy atom. The molecule has 0 saturated carbocycles. The number of benzene rings is 2. The van der Waals surface area contributed by atoms with Gasteiger partial charge < -0.3 is 9.57 Å². The molecule has 1 aliphatic heterocycles. The average Bonchev–Trinajstić information content (AvgIpc) is 3.08. The predicted octanol–water partition coefficient (Wildman–Crippen LogP) is 3.56. The minimum absolute atomic E-state index is 0.234. The summed E-state index contributed by atoms with van der Waals surface area (Å²) in [6.07, 6.45) is 3.87. The number of nitrogens with one attached hydrogen (secondary N) is 1. The second-order valence-corrected chi connectivity index (χ2v) is 7.78. The quantitative estimate of drug-likeness (QED) is 0.340. The first-order chi connectivity index (χ1) is 14.7. The van der Waals surface area contributed by atoms with E-state index in [-0.39, 0.29) is 16.4 Å². The fourth-order valence-corrected chi connectivity index (χ4v) is 3.83. The van der Waals surface area contributed by atoms with Gasteiger partial charge in [-0.05, 0) is 36.2 Å². The van der Waals surface area contributed by atoms with E-state index >= 15 is 0 Å². The van der Waals surface area contributed by atoms with Gasteiger partial charge in [-0.15, -0.1) is 0 Å². The van der Waals surface area contributed by atoms with Gasteiger partial charge in [-0.1, -0.05) is 47.2 Å². The fourth-order valence-electron chi connectivity index (χ4n) is 2.97. The lowest BCUT2D eigenvalue weighted by molar-refractivity contribution is -0.118. The number of carbonyl (C=O) groups is 2. The maximum atomic E-state index is 11.6. The van der Waals surface area contributed by atoms with Crippen LogP contribution < -0.4 is 10.1 Å². The topological polar surface area (TPSA) is 89.9 Å². The number of aromatic nitrogens is 1. The van der Waals surface area contributed by atoms with Crippen LogP contribution in [0, 0.1) is 0 Å². The van der Waals surface area contributed by atoms with Crippen LogP contribution in [-0.4, -0.2) is 40.8 Å².